The van der Waals surface area contributed by atoms with E-state index in [2.05, 4.69) is 26.2 Å². The number of para-hydroxylation sites is 1. The highest BCUT2D eigenvalue weighted by atomic mass is 79.9. The molecule has 1 aromatic carbocycles. The first kappa shape index (κ1) is 14.9. The van der Waals surface area contributed by atoms with Gasteiger partial charge < -0.3 is 15.2 Å². The Bertz CT molecular complexity index is 608. The number of ether oxygens (including phenoxy) is 1. The van der Waals surface area contributed by atoms with Crippen LogP contribution in [0, 0.1) is 0 Å². The molecule has 4 nitrogen and oxygen atoms in total. The van der Waals surface area contributed by atoms with E-state index >= 15 is 0 Å². The van der Waals surface area contributed by atoms with Crippen LogP contribution in [0.25, 0.3) is 0 Å². The second-order valence-corrected chi connectivity index (χ2v) is 5.26. The maximum atomic E-state index is 10.1. The lowest BCUT2D eigenvalue weighted by atomic mass is 10.2. The number of halogens is 2. The first-order chi connectivity index (χ1) is 9.61. The number of aromatic hydroxyl groups is 1. The smallest absolute Gasteiger partial charge is 0.162 e. The lowest BCUT2D eigenvalue weighted by Crippen LogP contribution is -2.01. The molecule has 0 atom stereocenters. The summed E-state index contributed by atoms with van der Waals surface area (Å²) in [5.74, 6) is 0.644. The highest BCUT2D eigenvalue weighted by Crippen LogP contribution is 2.30. The molecule has 0 fully saturated rings. The minimum Gasteiger partial charge on any atom is -0.504 e. The van der Waals surface area contributed by atoms with Crippen molar-refractivity contribution < 1.29 is 9.84 Å². The van der Waals surface area contributed by atoms with Gasteiger partial charge in [-0.05, 0) is 35.0 Å². The van der Waals surface area contributed by atoms with Crippen molar-refractivity contribution in [3.05, 3.63) is 45.7 Å². The Balaban J connectivity index is 2.10. The predicted molar refractivity (Wildman–Crippen MR) is 83.5 cm³/mol. The molecule has 0 saturated heterocycles. The molecule has 0 aliphatic rings. The maximum Gasteiger partial charge on any atom is 0.162 e. The molecule has 0 saturated carbocycles. The fourth-order valence-corrected chi connectivity index (χ4v) is 2.15. The molecule has 0 aliphatic carbocycles. The molecule has 0 amide bonds. The van der Waals surface area contributed by atoms with E-state index in [9.17, 15) is 5.11 Å². The summed E-state index contributed by atoms with van der Waals surface area (Å²) in [4.78, 5) is 4.03. The van der Waals surface area contributed by atoms with Crippen LogP contribution >= 0.6 is 27.5 Å². The van der Waals surface area contributed by atoms with Crippen LogP contribution in [0.5, 0.6) is 11.5 Å². The molecule has 2 aromatic rings. The van der Waals surface area contributed by atoms with Gasteiger partial charge in [-0.15, -0.1) is 0 Å². The monoisotopic (exact) mass is 356 g/mol. The zero-order chi connectivity index (χ0) is 14.5. The van der Waals surface area contributed by atoms with Crippen molar-refractivity contribution in [1.82, 2.24) is 4.98 Å². The van der Waals surface area contributed by atoms with Crippen molar-refractivity contribution >= 4 is 33.2 Å². The van der Waals surface area contributed by atoms with E-state index in [1.54, 1.807) is 12.3 Å². The van der Waals surface area contributed by atoms with Crippen molar-refractivity contribution in [3.63, 3.8) is 0 Å². The van der Waals surface area contributed by atoms with Crippen LogP contribution in [-0.4, -0.2) is 16.7 Å². The van der Waals surface area contributed by atoms with Crippen molar-refractivity contribution in [2.24, 2.45) is 0 Å². The van der Waals surface area contributed by atoms with Gasteiger partial charge in [0.25, 0.3) is 0 Å². The number of hydrogen-bond acceptors (Lipinski definition) is 4. The molecular weight excluding hydrogens is 344 g/mol. The normalized spacial score (nSPS) is 10.3. The van der Waals surface area contributed by atoms with Crippen LogP contribution in [0.3, 0.4) is 0 Å². The summed E-state index contributed by atoms with van der Waals surface area (Å²) in [5, 5.41) is 13.7. The zero-order valence-electron chi connectivity index (χ0n) is 10.9. The minimum atomic E-state index is 0.155. The van der Waals surface area contributed by atoms with Gasteiger partial charge >= 0.3 is 0 Å². The zero-order valence-corrected chi connectivity index (χ0v) is 13.2. The molecule has 0 spiro atoms. The van der Waals surface area contributed by atoms with Crippen LogP contribution in [-0.2, 0) is 6.54 Å². The molecule has 6 heteroatoms. The van der Waals surface area contributed by atoms with Gasteiger partial charge in [-0.1, -0.05) is 23.7 Å². The van der Waals surface area contributed by atoms with Crippen LogP contribution in [0.1, 0.15) is 12.5 Å². The van der Waals surface area contributed by atoms with Gasteiger partial charge in [0.2, 0.25) is 0 Å². The Morgan fingerprint density at radius 2 is 2.25 bits per heavy atom. The van der Waals surface area contributed by atoms with Gasteiger partial charge in [0, 0.05) is 12.1 Å². The predicted octanol–water partition coefficient (Wildman–Crippen LogP) is 4.21. The summed E-state index contributed by atoms with van der Waals surface area (Å²) < 4.78 is 6.07. The number of benzene rings is 1. The number of nitrogens with zero attached hydrogens (tertiary/aromatic N) is 1. The van der Waals surface area contributed by atoms with E-state index in [1.807, 2.05) is 25.1 Å². The molecule has 0 bridgehead atoms. The van der Waals surface area contributed by atoms with Crippen molar-refractivity contribution in [2.75, 3.05) is 11.9 Å². The summed E-state index contributed by atoms with van der Waals surface area (Å²) in [6.45, 7) is 2.85. The second-order valence-electron chi connectivity index (χ2n) is 4.05. The molecule has 2 rings (SSSR count). The van der Waals surface area contributed by atoms with E-state index in [0.717, 1.165) is 15.7 Å². The lowest BCUT2D eigenvalue weighted by Gasteiger charge is -2.11. The Labute approximate surface area is 130 Å². The van der Waals surface area contributed by atoms with Gasteiger partial charge in [-0.2, -0.15) is 0 Å². The molecule has 0 aliphatic heterocycles. The maximum absolute atomic E-state index is 10.1. The van der Waals surface area contributed by atoms with Crippen molar-refractivity contribution in [3.8, 4) is 11.5 Å². The topological polar surface area (TPSA) is 54.4 Å². The number of rotatable bonds is 5. The van der Waals surface area contributed by atoms with Crippen molar-refractivity contribution in [2.45, 2.75) is 13.5 Å². The van der Waals surface area contributed by atoms with E-state index in [-0.39, 0.29) is 5.75 Å². The van der Waals surface area contributed by atoms with E-state index in [1.165, 1.54) is 0 Å². The molecule has 0 unspecified atom stereocenters. The summed E-state index contributed by atoms with van der Waals surface area (Å²) in [6.07, 6.45) is 1.64. The molecule has 20 heavy (non-hydrogen) atoms. The summed E-state index contributed by atoms with van der Waals surface area (Å²) in [5.41, 5.74) is 1.56. The Kier molecular flexibility index (Phi) is 5.09. The van der Waals surface area contributed by atoms with Gasteiger partial charge in [0.05, 0.1) is 23.0 Å². The number of nitrogens with one attached hydrogen (secondary N) is 1. The number of hydrogen-bond donors (Lipinski definition) is 2. The second kappa shape index (κ2) is 6.81. The van der Waals surface area contributed by atoms with Gasteiger partial charge in [0.1, 0.15) is 5.15 Å². The molecule has 0 radical (unpaired) electrons. The number of anilines is 1. The Morgan fingerprint density at radius 1 is 1.45 bits per heavy atom. The first-order valence-corrected chi connectivity index (χ1v) is 7.27. The number of pyridine rings is 1. The molecule has 106 valence electrons. The highest BCUT2D eigenvalue weighted by Gasteiger charge is 2.08. The van der Waals surface area contributed by atoms with Crippen LogP contribution in [0.2, 0.25) is 5.15 Å². The molecule has 1 heterocycles. The molecule has 1 aromatic heterocycles. The van der Waals surface area contributed by atoms with E-state index in [4.69, 9.17) is 16.3 Å². The minimum absolute atomic E-state index is 0.155. The average molecular weight is 358 g/mol. The van der Waals surface area contributed by atoms with E-state index < -0.39 is 0 Å². The first-order valence-electron chi connectivity index (χ1n) is 6.10. The molecule has 2 N–H and O–H groups in total. The summed E-state index contributed by atoms with van der Waals surface area (Å²) in [6, 6.07) is 7.25. The number of phenols is 1. The summed E-state index contributed by atoms with van der Waals surface area (Å²) in [7, 11) is 0. The largest absolute Gasteiger partial charge is 0.504 e. The SMILES string of the molecule is CCOc1cccc(CNc2cnc(Cl)c(Br)c2)c1O. The quantitative estimate of drug-likeness (QED) is 0.787. The standard InChI is InChI=1S/C14H14BrClN2O2/c1-2-20-12-5-3-4-9(13(12)19)7-17-10-6-11(15)14(16)18-8-10/h3-6,8,17,19H,2,7H2,1H3. The van der Waals surface area contributed by atoms with Crippen LogP contribution in [0.15, 0.2) is 34.9 Å². The fourth-order valence-electron chi connectivity index (χ4n) is 1.70. The third-order valence-electron chi connectivity index (χ3n) is 2.66. The number of phenolic OH excluding ortho intramolecular Hbond substituents is 1. The number of aromatic nitrogens is 1. The van der Waals surface area contributed by atoms with Gasteiger partial charge in [0.15, 0.2) is 11.5 Å². The average Bonchev–Trinajstić information content (AvgIpc) is 2.44. The molecular formula is C14H14BrClN2O2. The Hall–Kier alpha value is -1.46. The third-order valence-corrected chi connectivity index (χ3v) is 3.80. The van der Waals surface area contributed by atoms with Crippen molar-refractivity contribution in [1.29, 1.82) is 0 Å². The lowest BCUT2D eigenvalue weighted by molar-refractivity contribution is 0.317. The van der Waals surface area contributed by atoms with Gasteiger partial charge in [-0.3, -0.25) is 0 Å². The summed E-state index contributed by atoms with van der Waals surface area (Å²) >= 11 is 9.15. The van der Waals surface area contributed by atoms with Crippen LogP contribution < -0.4 is 10.1 Å². The van der Waals surface area contributed by atoms with Gasteiger partial charge in [-0.25, -0.2) is 4.98 Å². The third kappa shape index (κ3) is 3.55. The fraction of sp³-hybridized carbons (Fsp3) is 0.214. The van der Waals surface area contributed by atoms with E-state index in [0.29, 0.717) is 24.1 Å². The van der Waals surface area contributed by atoms with Crippen LogP contribution in [0.4, 0.5) is 5.69 Å². The Morgan fingerprint density at radius 3 is 2.95 bits per heavy atom. The highest BCUT2D eigenvalue weighted by molar-refractivity contribution is 9.10.